The Kier molecular flexibility index (Phi) is 3.73. The normalized spacial score (nSPS) is 12.4. The first-order valence-electron chi connectivity index (χ1n) is 2.97. The predicted octanol–water partition coefficient (Wildman–Crippen LogP) is -0.244. The van der Waals surface area contributed by atoms with Gasteiger partial charge in [-0.3, -0.25) is 20.2 Å². The molecule has 0 aliphatic heterocycles. The highest BCUT2D eigenvalue weighted by Crippen LogP contribution is 2.13. The minimum absolute atomic E-state index is 0.606. The molecule has 0 atom stereocenters. The Hall–Kier alpha value is -1.00. The van der Waals surface area contributed by atoms with Gasteiger partial charge in [-0.2, -0.15) is 8.42 Å². The third-order valence-corrected chi connectivity index (χ3v) is 1.93. The highest BCUT2D eigenvalue weighted by Gasteiger charge is 2.52. The molecule has 0 spiro atoms. The fourth-order valence-corrected chi connectivity index (χ4v) is 0.852. The molecule has 0 rings (SSSR count). The smallest absolute Gasteiger partial charge is 0.258 e. The van der Waals surface area contributed by atoms with Gasteiger partial charge in [0.05, 0.1) is 6.92 Å². The van der Waals surface area contributed by atoms with Gasteiger partial charge >= 0.3 is 15.0 Å². The Balaban J connectivity index is 4.73. The van der Waals surface area contributed by atoms with Gasteiger partial charge in [-0.05, 0) is 0 Å². The van der Waals surface area contributed by atoms with Crippen LogP contribution in [0.5, 0.6) is 0 Å². The van der Waals surface area contributed by atoms with Crippen LogP contribution >= 0.6 is 10.7 Å². The van der Waals surface area contributed by atoms with E-state index < -0.39 is 31.4 Å². The number of halogens is 1. The first kappa shape index (κ1) is 13.0. The summed E-state index contributed by atoms with van der Waals surface area (Å²) in [4.78, 5) is 17.9. The molecule has 0 bridgehead atoms. The Morgan fingerprint density at radius 3 is 1.93 bits per heavy atom. The van der Waals surface area contributed by atoms with E-state index in [0.29, 0.717) is 6.92 Å². The molecule has 0 fully saturated rings. The summed E-state index contributed by atoms with van der Waals surface area (Å²) in [6.45, 7) is -0.659. The van der Waals surface area contributed by atoms with E-state index in [-0.39, 0.29) is 0 Å². The van der Waals surface area contributed by atoms with Gasteiger partial charge in [-0.15, -0.1) is 0 Å². The monoisotopic (exact) mass is 248 g/mol. The van der Waals surface area contributed by atoms with Crippen LogP contribution in [-0.4, -0.2) is 30.5 Å². The molecule has 82 valence electrons. The molecule has 0 aromatic heterocycles. The molecule has 11 heteroatoms. The molecule has 14 heavy (non-hydrogen) atoms. The first-order valence-corrected chi connectivity index (χ1v) is 5.21. The Labute approximate surface area is 82.5 Å². The summed E-state index contributed by atoms with van der Waals surface area (Å²) >= 11 is 0. The molecular weight excluding hydrogens is 244 g/mol. The van der Waals surface area contributed by atoms with Crippen LogP contribution in [0.4, 0.5) is 0 Å². The number of hydrogen-bond acceptors (Lipinski definition) is 7. The van der Waals surface area contributed by atoms with E-state index >= 15 is 0 Å². The molecule has 0 aliphatic carbocycles. The van der Waals surface area contributed by atoms with E-state index in [1.807, 2.05) is 0 Å². The largest absolute Gasteiger partial charge is 0.479 e. The van der Waals surface area contributed by atoms with Gasteiger partial charge in [-0.1, -0.05) is 0 Å². The summed E-state index contributed by atoms with van der Waals surface area (Å²) in [5, 5.41) is 20.5. The van der Waals surface area contributed by atoms with Crippen molar-refractivity contribution in [1.29, 1.82) is 0 Å². The minimum Gasteiger partial charge on any atom is -0.258 e. The molecule has 0 amide bonds. The van der Waals surface area contributed by atoms with Gasteiger partial charge in [0.15, 0.2) is 0 Å². The quantitative estimate of drug-likeness (QED) is 0.284. The zero-order chi connectivity index (χ0) is 11.6. The lowest BCUT2D eigenvalue weighted by Gasteiger charge is -2.10. The summed E-state index contributed by atoms with van der Waals surface area (Å²) < 4.78 is 24.2. The van der Waals surface area contributed by atoms with Crippen LogP contribution in [0.1, 0.15) is 6.92 Å². The van der Waals surface area contributed by atoms with Crippen molar-refractivity contribution in [3.8, 4) is 0 Å². The van der Waals surface area contributed by atoms with Crippen LogP contribution in [0.2, 0.25) is 0 Å². The number of rotatable bonds is 5. The molecule has 0 N–H and O–H groups in total. The number of hydrogen-bond donors (Lipinski definition) is 0. The second kappa shape index (κ2) is 4.02. The summed E-state index contributed by atoms with van der Waals surface area (Å²) in [6, 6.07) is 0. The summed E-state index contributed by atoms with van der Waals surface area (Å²) in [7, 11) is 0.0924. The first-order chi connectivity index (χ1) is 6.09. The van der Waals surface area contributed by atoms with E-state index in [1.165, 1.54) is 0 Å². The zero-order valence-corrected chi connectivity index (χ0v) is 8.32. The molecule has 0 heterocycles. The number of nitro groups is 2. The molecule has 0 saturated heterocycles. The van der Waals surface area contributed by atoms with E-state index in [4.69, 9.17) is 0 Å². The van der Waals surface area contributed by atoms with Crippen LogP contribution in [0.25, 0.3) is 0 Å². The third-order valence-electron chi connectivity index (χ3n) is 1.26. The maximum absolute atomic E-state index is 10.2. The summed E-state index contributed by atoms with van der Waals surface area (Å²) in [5.74, 6) is 0. The molecule has 0 radical (unpaired) electrons. The second-order valence-electron chi connectivity index (χ2n) is 2.39. The van der Waals surface area contributed by atoms with Gasteiger partial charge in [0.25, 0.3) is 0 Å². The average molecular weight is 249 g/mol. The second-order valence-corrected chi connectivity index (χ2v) is 4.54. The summed E-state index contributed by atoms with van der Waals surface area (Å²) in [6.07, 6.45) is 0. The van der Waals surface area contributed by atoms with Gasteiger partial charge in [0.1, 0.15) is 9.85 Å². The molecule has 0 unspecified atom stereocenters. The van der Waals surface area contributed by atoms with E-state index in [0.717, 1.165) is 0 Å². The van der Waals surface area contributed by atoms with Crippen molar-refractivity contribution in [3.05, 3.63) is 20.2 Å². The Bertz CT molecular complexity index is 336. The lowest BCUT2D eigenvalue weighted by molar-refractivity contribution is -0.792. The van der Waals surface area contributed by atoms with Crippen molar-refractivity contribution < 1.29 is 22.4 Å². The van der Waals surface area contributed by atoms with Crippen molar-refractivity contribution in [3.63, 3.8) is 0 Å². The SMILES string of the molecule is CC(COS(=O)(=O)Cl)([N+](=O)[O-])[N+](=O)[O-]. The van der Waals surface area contributed by atoms with Crippen LogP contribution in [0.15, 0.2) is 0 Å². The lowest BCUT2D eigenvalue weighted by Crippen LogP contribution is -2.47. The van der Waals surface area contributed by atoms with Crippen molar-refractivity contribution in [2.75, 3.05) is 6.61 Å². The zero-order valence-electron chi connectivity index (χ0n) is 6.75. The highest BCUT2D eigenvalue weighted by atomic mass is 35.7. The van der Waals surface area contributed by atoms with Crippen LogP contribution in [0.3, 0.4) is 0 Å². The van der Waals surface area contributed by atoms with Crippen LogP contribution < -0.4 is 0 Å². The molecule has 0 aliphatic rings. The molecule has 0 aromatic rings. The van der Waals surface area contributed by atoms with Crippen LogP contribution in [0, 0.1) is 20.2 Å². The van der Waals surface area contributed by atoms with Gasteiger partial charge in [-0.25, -0.2) is 4.18 Å². The Morgan fingerprint density at radius 1 is 1.36 bits per heavy atom. The third kappa shape index (κ3) is 3.40. The topological polar surface area (TPSA) is 130 Å². The fraction of sp³-hybridized carbons (Fsp3) is 1.00. The van der Waals surface area contributed by atoms with Gasteiger partial charge in [0.2, 0.25) is 6.61 Å². The van der Waals surface area contributed by atoms with Crippen molar-refractivity contribution >= 4 is 20.0 Å². The standard InChI is InChI=1S/C3H5ClN2O7S/c1-3(5(7)8,6(9)10)2-13-14(4,11)12/h2H2,1H3. The van der Waals surface area contributed by atoms with Gasteiger partial charge in [0, 0.05) is 10.7 Å². The van der Waals surface area contributed by atoms with Crippen molar-refractivity contribution in [1.82, 2.24) is 0 Å². The molecule has 9 nitrogen and oxygen atoms in total. The van der Waals surface area contributed by atoms with E-state index in [1.54, 1.807) is 0 Å². The maximum Gasteiger partial charge on any atom is 0.479 e. The lowest BCUT2D eigenvalue weighted by atomic mass is 10.2. The molecule has 0 saturated carbocycles. The van der Waals surface area contributed by atoms with Crippen LogP contribution in [-0.2, 0) is 13.5 Å². The minimum atomic E-state index is -4.46. The van der Waals surface area contributed by atoms with Gasteiger partial charge < -0.3 is 0 Å². The highest BCUT2D eigenvalue weighted by molar-refractivity contribution is 8.09. The fourth-order valence-electron chi connectivity index (χ4n) is 0.354. The van der Waals surface area contributed by atoms with E-state index in [9.17, 15) is 28.6 Å². The number of nitrogens with zero attached hydrogens (tertiary/aromatic N) is 2. The maximum atomic E-state index is 10.2. The van der Waals surface area contributed by atoms with E-state index in [2.05, 4.69) is 14.9 Å². The average Bonchev–Trinajstić information content (AvgIpc) is 1.97. The summed E-state index contributed by atoms with van der Waals surface area (Å²) in [5.41, 5.74) is -2.73. The van der Waals surface area contributed by atoms with Crippen molar-refractivity contribution in [2.24, 2.45) is 0 Å². The molecular formula is C3H5ClN2O7S. The molecule has 0 aromatic carbocycles. The van der Waals surface area contributed by atoms with Crippen molar-refractivity contribution in [2.45, 2.75) is 12.6 Å². The predicted molar refractivity (Wildman–Crippen MR) is 43.1 cm³/mol. The Morgan fingerprint density at radius 2 is 1.71 bits per heavy atom.